The van der Waals surface area contributed by atoms with E-state index in [1.165, 1.54) is 18.4 Å². The van der Waals surface area contributed by atoms with E-state index in [1.807, 2.05) is 6.07 Å². The van der Waals surface area contributed by atoms with Crippen molar-refractivity contribution in [2.75, 3.05) is 5.73 Å². The van der Waals surface area contributed by atoms with Crippen molar-refractivity contribution in [3.05, 3.63) is 23.9 Å². The molecular formula is C9H12N2. The van der Waals surface area contributed by atoms with Gasteiger partial charge in [0.1, 0.15) is 5.82 Å². The smallest absolute Gasteiger partial charge is 0.126 e. The van der Waals surface area contributed by atoms with Crippen LogP contribution in [0.3, 0.4) is 0 Å². The van der Waals surface area contributed by atoms with Crippen molar-refractivity contribution >= 4 is 5.82 Å². The first-order chi connectivity index (χ1) is 5.36. The number of nitrogens with zero attached hydrogens (tertiary/aromatic N) is 1. The molecule has 0 aromatic carbocycles. The van der Waals surface area contributed by atoms with E-state index in [0.29, 0.717) is 5.82 Å². The van der Waals surface area contributed by atoms with E-state index in [1.54, 1.807) is 6.20 Å². The van der Waals surface area contributed by atoms with E-state index < -0.39 is 0 Å². The molecule has 0 amide bonds. The van der Waals surface area contributed by atoms with Crippen molar-refractivity contribution in [2.45, 2.75) is 19.3 Å². The lowest BCUT2D eigenvalue weighted by molar-refractivity contribution is 0.830. The second-order valence-corrected chi connectivity index (χ2v) is 3.20. The summed E-state index contributed by atoms with van der Waals surface area (Å²) in [7, 11) is 0. The quantitative estimate of drug-likeness (QED) is 0.692. The maximum absolute atomic E-state index is 5.69. The van der Waals surface area contributed by atoms with E-state index in [4.69, 9.17) is 5.73 Å². The molecule has 1 aliphatic carbocycles. The molecule has 2 N–H and O–H groups in total. The number of hydrogen-bond acceptors (Lipinski definition) is 2. The molecule has 1 heterocycles. The second kappa shape index (κ2) is 2.53. The van der Waals surface area contributed by atoms with Gasteiger partial charge in [-0.2, -0.15) is 0 Å². The Morgan fingerprint density at radius 3 is 3.00 bits per heavy atom. The Morgan fingerprint density at radius 1 is 1.55 bits per heavy atom. The van der Waals surface area contributed by atoms with E-state index >= 15 is 0 Å². The Labute approximate surface area is 66.4 Å². The van der Waals surface area contributed by atoms with Crippen LogP contribution >= 0.6 is 0 Å². The summed E-state index contributed by atoms with van der Waals surface area (Å²) < 4.78 is 0. The summed E-state index contributed by atoms with van der Waals surface area (Å²) in [5.74, 6) is 1.60. The number of aromatic nitrogens is 1. The molecule has 1 aliphatic rings. The third-order valence-electron chi connectivity index (χ3n) is 2.13. The molecule has 1 saturated carbocycles. The number of nitrogens with two attached hydrogens (primary N) is 1. The summed E-state index contributed by atoms with van der Waals surface area (Å²) in [4.78, 5) is 4.04. The third kappa shape index (κ3) is 1.50. The lowest BCUT2D eigenvalue weighted by Crippen LogP contribution is -1.97. The Bertz CT molecular complexity index is 253. The van der Waals surface area contributed by atoms with Crippen molar-refractivity contribution in [3.8, 4) is 0 Å². The van der Waals surface area contributed by atoms with E-state index in [2.05, 4.69) is 11.1 Å². The van der Waals surface area contributed by atoms with Crippen LogP contribution in [-0.2, 0) is 6.42 Å². The highest BCUT2D eigenvalue weighted by molar-refractivity contribution is 5.38. The molecular weight excluding hydrogens is 136 g/mol. The molecule has 1 aromatic heterocycles. The molecule has 0 aliphatic heterocycles. The van der Waals surface area contributed by atoms with Crippen molar-refractivity contribution in [1.82, 2.24) is 4.98 Å². The summed E-state index contributed by atoms with van der Waals surface area (Å²) in [6, 6.07) is 4.02. The van der Waals surface area contributed by atoms with E-state index in [0.717, 1.165) is 12.3 Å². The highest BCUT2D eigenvalue weighted by atomic mass is 14.8. The van der Waals surface area contributed by atoms with Crippen LogP contribution in [0.25, 0.3) is 0 Å². The largest absolute Gasteiger partial charge is 0.383 e. The lowest BCUT2D eigenvalue weighted by Gasteiger charge is -2.00. The van der Waals surface area contributed by atoms with E-state index in [-0.39, 0.29) is 0 Å². The fourth-order valence-corrected chi connectivity index (χ4v) is 1.26. The normalized spacial score (nSPS) is 16.7. The van der Waals surface area contributed by atoms with Crippen LogP contribution in [0, 0.1) is 5.92 Å². The molecule has 0 saturated heterocycles. The standard InChI is InChI=1S/C9H12N2/c10-9-8(2-1-5-11-9)6-7-3-4-7/h1-2,5,7H,3-4,6H2,(H2,10,11). The van der Waals surface area contributed by atoms with Crippen LogP contribution < -0.4 is 5.73 Å². The predicted octanol–water partition coefficient (Wildman–Crippen LogP) is 1.62. The molecule has 0 bridgehead atoms. The number of nitrogen functional groups attached to an aromatic ring is 1. The average molecular weight is 148 g/mol. The minimum absolute atomic E-state index is 0.708. The van der Waals surface area contributed by atoms with Crippen LogP contribution in [0.4, 0.5) is 5.82 Å². The number of pyridine rings is 1. The van der Waals surface area contributed by atoms with Gasteiger partial charge in [-0.1, -0.05) is 6.07 Å². The van der Waals surface area contributed by atoms with Gasteiger partial charge in [0, 0.05) is 6.20 Å². The summed E-state index contributed by atoms with van der Waals surface area (Å²) >= 11 is 0. The molecule has 2 rings (SSSR count). The Balaban J connectivity index is 2.15. The summed E-state index contributed by atoms with van der Waals surface area (Å²) in [6.07, 6.45) is 5.61. The molecule has 2 nitrogen and oxygen atoms in total. The second-order valence-electron chi connectivity index (χ2n) is 3.20. The van der Waals surface area contributed by atoms with Gasteiger partial charge < -0.3 is 5.73 Å². The van der Waals surface area contributed by atoms with Gasteiger partial charge in [-0.25, -0.2) is 4.98 Å². The Morgan fingerprint density at radius 2 is 2.36 bits per heavy atom. The van der Waals surface area contributed by atoms with Crippen LogP contribution in [0.15, 0.2) is 18.3 Å². The molecule has 2 heteroatoms. The number of anilines is 1. The summed E-state index contributed by atoms with van der Waals surface area (Å²) in [5.41, 5.74) is 6.90. The molecule has 11 heavy (non-hydrogen) atoms. The van der Waals surface area contributed by atoms with Crippen molar-refractivity contribution in [1.29, 1.82) is 0 Å². The first-order valence-corrected chi connectivity index (χ1v) is 4.05. The highest BCUT2D eigenvalue weighted by Crippen LogP contribution is 2.33. The average Bonchev–Trinajstić information content (AvgIpc) is 2.78. The van der Waals surface area contributed by atoms with Crippen LogP contribution in [0.1, 0.15) is 18.4 Å². The molecule has 58 valence electrons. The molecule has 1 aromatic rings. The van der Waals surface area contributed by atoms with Gasteiger partial charge >= 0.3 is 0 Å². The van der Waals surface area contributed by atoms with Gasteiger partial charge in [-0.3, -0.25) is 0 Å². The first kappa shape index (κ1) is 6.65. The lowest BCUT2D eigenvalue weighted by atomic mass is 10.1. The maximum atomic E-state index is 5.69. The van der Waals surface area contributed by atoms with E-state index in [9.17, 15) is 0 Å². The van der Waals surface area contributed by atoms with Gasteiger partial charge in [0.25, 0.3) is 0 Å². The van der Waals surface area contributed by atoms with Gasteiger partial charge in [0.05, 0.1) is 0 Å². The molecule has 1 fully saturated rings. The van der Waals surface area contributed by atoms with Crippen LogP contribution in [0.2, 0.25) is 0 Å². The molecule has 0 spiro atoms. The van der Waals surface area contributed by atoms with Gasteiger partial charge in [-0.05, 0) is 36.8 Å². The summed E-state index contributed by atoms with van der Waals surface area (Å²) in [6.45, 7) is 0. The zero-order valence-electron chi connectivity index (χ0n) is 6.46. The van der Waals surface area contributed by atoms with Crippen molar-refractivity contribution < 1.29 is 0 Å². The maximum Gasteiger partial charge on any atom is 0.126 e. The Kier molecular flexibility index (Phi) is 1.53. The fraction of sp³-hybridized carbons (Fsp3) is 0.444. The highest BCUT2D eigenvalue weighted by Gasteiger charge is 2.22. The molecule has 0 radical (unpaired) electrons. The first-order valence-electron chi connectivity index (χ1n) is 4.05. The third-order valence-corrected chi connectivity index (χ3v) is 2.13. The SMILES string of the molecule is Nc1ncccc1CC1CC1. The minimum Gasteiger partial charge on any atom is -0.383 e. The van der Waals surface area contributed by atoms with Crippen molar-refractivity contribution in [3.63, 3.8) is 0 Å². The molecule has 0 atom stereocenters. The van der Waals surface area contributed by atoms with Gasteiger partial charge in [0.15, 0.2) is 0 Å². The fourth-order valence-electron chi connectivity index (χ4n) is 1.26. The summed E-state index contributed by atoms with van der Waals surface area (Å²) in [5, 5.41) is 0. The molecule has 0 unspecified atom stereocenters. The Hall–Kier alpha value is -1.05. The number of hydrogen-bond donors (Lipinski definition) is 1. The predicted molar refractivity (Wildman–Crippen MR) is 45.1 cm³/mol. The minimum atomic E-state index is 0.708. The van der Waals surface area contributed by atoms with Gasteiger partial charge in [-0.15, -0.1) is 0 Å². The van der Waals surface area contributed by atoms with Crippen LogP contribution in [0.5, 0.6) is 0 Å². The monoisotopic (exact) mass is 148 g/mol. The van der Waals surface area contributed by atoms with Gasteiger partial charge in [0.2, 0.25) is 0 Å². The van der Waals surface area contributed by atoms with Crippen molar-refractivity contribution in [2.24, 2.45) is 5.92 Å². The topological polar surface area (TPSA) is 38.9 Å². The zero-order valence-corrected chi connectivity index (χ0v) is 6.46. The zero-order chi connectivity index (χ0) is 7.68. The number of rotatable bonds is 2. The van der Waals surface area contributed by atoms with Crippen LogP contribution in [-0.4, -0.2) is 4.98 Å².